The first-order valence-electron chi connectivity index (χ1n) is 12.0. The van der Waals surface area contributed by atoms with E-state index in [1.807, 2.05) is 41.9 Å². The molecule has 1 saturated carbocycles. The number of hydrogen-bond donors (Lipinski definition) is 2. The van der Waals surface area contributed by atoms with Crippen molar-refractivity contribution in [3.05, 3.63) is 58.0 Å². The number of halogens is 1. The predicted octanol–water partition coefficient (Wildman–Crippen LogP) is 7.02. The molecule has 2 N–H and O–H groups in total. The van der Waals surface area contributed by atoms with Gasteiger partial charge in [0.2, 0.25) is 0 Å². The van der Waals surface area contributed by atoms with Crippen molar-refractivity contribution in [2.24, 2.45) is 5.92 Å². The van der Waals surface area contributed by atoms with E-state index in [0.29, 0.717) is 5.02 Å². The number of carbonyl (C=O) groups is 1. The monoisotopic (exact) mass is 500 g/mol. The molecule has 1 aliphatic heterocycles. The molecule has 0 bridgehead atoms. The number of ketones is 1. The maximum Gasteiger partial charge on any atom is 0.169 e. The van der Waals surface area contributed by atoms with Crippen molar-refractivity contribution in [2.45, 2.75) is 58.0 Å². The van der Waals surface area contributed by atoms with Crippen LogP contribution in [0.1, 0.15) is 62.0 Å². The van der Waals surface area contributed by atoms with E-state index in [1.54, 1.807) is 17.8 Å². The highest BCUT2D eigenvalue weighted by molar-refractivity contribution is 7.12. The van der Waals surface area contributed by atoms with Gasteiger partial charge in [0.25, 0.3) is 0 Å². The summed E-state index contributed by atoms with van der Waals surface area (Å²) in [4.78, 5) is 12.2. The van der Waals surface area contributed by atoms with E-state index >= 15 is 0 Å². The molecule has 1 aliphatic carbocycles. The third-order valence-corrected chi connectivity index (χ3v) is 7.55. The van der Waals surface area contributed by atoms with E-state index in [2.05, 4.69) is 22.7 Å². The molecule has 0 spiro atoms. The molecule has 6 nitrogen and oxygen atoms in total. The number of para-hydroxylation sites is 1. The summed E-state index contributed by atoms with van der Waals surface area (Å²) in [5.74, 6) is 1.05. The average molecular weight is 501 g/mol. The third-order valence-electron chi connectivity index (χ3n) is 6.20. The van der Waals surface area contributed by atoms with E-state index in [0.717, 1.165) is 53.9 Å². The summed E-state index contributed by atoms with van der Waals surface area (Å²) >= 11 is 7.67. The lowest BCUT2D eigenvalue weighted by molar-refractivity contribution is 0.0637. The van der Waals surface area contributed by atoms with Crippen molar-refractivity contribution >= 4 is 40.1 Å². The largest absolute Gasteiger partial charge is 0.381 e. The van der Waals surface area contributed by atoms with Gasteiger partial charge in [-0.15, -0.1) is 11.3 Å². The van der Waals surface area contributed by atoms with Crippen LogP contribution in [0, 0.1) is 5.92 Å². The van der Waals surface area contributed by atoms with E-state index in [-0.39, 0.29) is 11.4 Å². The maximum atomic E-state index is 11.4. The highest BCUT2D eigenvalue weighted by Crippen LogP contribution is 2.41. The first-order chi connectivity index (χ1) is 16.5. The quantitative estimate of drug-likeness (QED) is 0.257. The second-order valence-corrected chi connectivity index (χ2v) is 10.4. The molecule has 34 heavy (non-hydrogen) atoms. The number of nitrogens with zero attached hydrogens (tertiary/aromatic N) is 2. The Bertz CT molecular complexity index is 1080. The predicted molar refractivity (Wildman–Crippen MR) is 141 cm³/mol. The molecular formula is C26H33ClN4O2S. The molecular weight excluding hydrogens is 468 g/mol. The summed E-state index contributed by atoms with van der Waals surface area (Å²) in [6, 6.07) is 9.59. The van der Waals surface area contributed by atoms with E-state index in [1.165, 1.54) is 37.0 Å². The Morgan fingerprint density at radius 1 is 1.26 bits per heavy atom. The van der Waals surface area contributed by atoms with Gasteiger partial charge in [-0.2, -0.15) is 5.10 Å². The van der Waals surface area contributed by atoms with Gasteiger partial charge in [-0.25, -0.2) is 4.68 Å². The molecule has 8 heteroatoms. The SMILES string of the molecule is CC(=O)c1cc(-n2cc(NC3(Nc4ccccc4Cl)CC3)cn2)cs1.CCCC1CCOCC1. The minimum atomic E-state index is -0.182. The first kappa shape index (κ1) is 24.8. The molecule has 2 aliphatic rings. The van der Waals surface area contributed by atoms with Gasteiger partial charge in [-0.1, -0.05) is 43.5 Å². The number of benzene rings is 1. The molecule has 0 unspecified atom stereocenters. The Labute approximate surface area is 210 Å². The standard InChI is InChI=1S/C18H17ClN4OS.C8H16O/c1-12(24)17-8-14(11-25-17)23-10-13(9-20-23)21-18(6-7-18)22-16-5-3-2-4-15(16)19;1-2-3-8-4-6-9-7-5-8/h2-5,8-11,21-22H,6-7H2,1H3;8H,2-7H2,1H3. The lowest BCUT2D eigenvalue weighted by atomic mass is 9.95. The van der Waals surface area contributed by atoms with Crippen LogP contribution in [0.4, 0.5) is 11.4 Å². The van der Waals surface area contributed by atoms with Crippen LogP contribution in [0.25, 0.3) is 5.69 Å². The number of thiophene rings is 1. The van der Waals surface area contributed by atoms with Gasteiger partial charge in [0.1, 0.15) is 5.66 Å². The Morgan fingerprint density at radius 3 is 2.68 bits per heavy atom. The fraction of sp³-hybridized carbons (Fsp3) is 0.462. The average Bonchev–Trinajstić information content (AvgIpc) is 3.21. The van der Waals surface area contributed by atoms with Crippen LogP contribution in [-0.2, 0) is 4.74 Å². The summed E-state index contributed by atoms with van der Waals surface area (Å²) in [6.07, 6.45) is 11.1. The van der Waals surface area contributed by atoms with Gasteiger partial charge in [-0.3, -0.25) is 4.79 Å². The molecule has 0 radical (unpaired) electrons. The van der Waals surface area contributed by atoms with Crippen LogP contribution in [-0.4, -0.2) is 34.4 Å². The van der Waals surface area contributed by atoms with Crippen LogP contribution in [0.15, 0.2) is 48.1 Å². The Balaban J connectivity index is 0.000000257. The molecule has 5 rings (SSSR count). The lowest BCUT2D eigenvalue weighted by Gasteiger charge is -2.21. The van der Waals surface area contributed by atoms with E-state index in [9.17, 15) is 4.79 Å². The Hall–Kier alpha value is -2.35. The van der Waals surface area contributed by atoms with E-state index in [4.69, 9.17) is 16.3 Å². The maximum absolute atomic E-state index is 11.4. The number of rotatable bonds is 8. The highest BCUT2D eigenvalue weighted by atomic mass is 35.5. The smallest absolute Gasteiger partial charge is 0.169 e. The number of hydrogen-bond acceptors (Lipinski definition) is 6. The third kappa shape index (κ3) is 6.62. The van der Waals surface area contributed by atoms with Gasteiger partial charge < -0.3 is 15.4 Å². The van der Waals surface area contributed by atoms with Crippen LogP contribution in [0.3, 0.4) is 0 Å². The second kappa shape index (κ2) is 11.4. The van der Waals surface area contributed by atoms with E-state index < -0.39 is 0 Å². The molecule has 3 heterocycles. The van der Waals surface area contributed by atoms with Crippen LogP contribution in [0.5, 0.6) is 0 Å². The number of aromatic nitrogens is 2. The second-order valence-electron chi connectivity index (χ2n) is 9.06. The van der Waals surface area contributed by atoms with Crippen molar-refractivity contribution in [3.8, 4) is 5.69 Å². The normalized spacial score (nSPS) is 16.9. The fourth-order valence-electron chi connectivity index (χ4n) is 4.11. The summed E-state index contributed by atoms with van der Waals surface area (Å²) < 4.78 is 7.02. The first-order valence-corrected chi connectivity index (χ1v) is 13.3. The van der Waals surface area contributed by atoms with Crippen molar-refractivity contribution in [1.29, 1.82) is 0 Å². The topological polar surface area (TPSA) is 68.2 Å². The summed E-state index contributed by atoms with van der Waals surface area (Å²) in [5, 5.41) is 14.0. The zero-order chi connectivity index (χ0) is 24.0. The van der Waals surface area contributed by atoms with Gasteiger partial charge in [-0.05, 0) is 56.7 Å². The Kier molecular flexibility index (Phi) is 8.29. The molecule has 182 valence electrons. The number of nitrogens with one attached hydrogen (secondary N) is 2. The highest BCUT2D eigenvalue weighted by Gasteiger charge is 2.43. The number of Topliss-reactive ketones (excluding diaryl/α,β-unsaturated/α-hetero) is 1. The molecule has 2 aromatic heterocycles. The molecule has 2 fully saturated rings. The van der Waals surface area contributed by atoms with Crippen molar-refractivity contribution in [1.82, 2.24) is 9.78 Å². The molecule has 1 saturated heterocycles. The summed E-state index contributed by atoms with van der Waals surface area (Å²) in [5.41, 5.74) is 2.56. The van der Waals surface area contributed by atoms with Crippen LogP contribution in [0.2, 0.25) is 5.02 Å². The molecule has 3 aromatic rings. The van der Waals surface area contributed by atoms with Gasteiger partial charge in [0.15, 0.2) is 5.78 Å². The van der Waals surface area contributed by atoms with Crippen LogP contribution < -0.4 is 10.6 Å². The Morgan fingerprint density at radius 2 is 2.03 bits per heavy atom. The molecule has 1 aromatic carbocycles. The fourth-order valence-corrected chi connectivity index (χ4v) is 5.07. The van der Waals surface area contributed by atoms with Gasteiger partial charge in [0, 0.05) is 18.6 Å². The zero-order valence-corrected chi connectivity index (χ0v) is 21.4. The van der Waals surface area contributed by atoms with Crippen molar-refractivity contribution < 1.29 is 9.53 Å². The van der Waals surface area contributed by atoms with Gasteiger partial charge in [0.05, 0.1) is 39.4 Å². The van der Waals surface area contributed by atoms with Gasteiger partial charge >= 0.3 is 0 Å². The number of carbonyl (C=O) groups excluding carboxylic acids is 1. The van der Waals surface area contributed by atoms with Crippen molar-refractivity contribution in [3.63, 3.8) is 0 Å². The lowest BCUT2D eigenvalue weighted by Crippen LogP contribution is -2.30. The zero-order valence-electron chi connectivity index (χ0n) is 19.9. The number of anilines is 2. The molecule has 0 atom stereocenters. The van der Waals surface area contributed by atoms with Crippen molar-refractivity contribution in [2.75, 3.05) is 23.8 Å². The molecule has 0 amide bonds. The minimum Gasteiger partial charge on any atom is -0.381 e. The van der Waals surface area contributed by atoms with Crippen LogP contribution >= 0.6 is 22.9 Å². The minimum absolute atomic E-state index is 0.0719. The number of ether oxygens (including phenoxy) is 1. The summed E-state index contributed by atoms with van der Waals surface area (Å²) in [7, 11) is 0. The summed E-state index contributed by atoms with van der Waals surface area (Å²) in [6.45, 7) is 5.84.